The molecule has 1 fully saturated rings. The zero-order valence-corrected chi connectivity index (χ0v) is 12.2. The lowest BCUT2D eigenvalue weighted by Gasteiger charge is -2.31. The van der Waals surface area contributed by atoms with Crippen LogP contribution in [0.15, 0.2) is 24.5 Å². The Balaban J connectivity index is 1.57. The monoisotopic (exact) mass is 272 g/mol. The number of piperidine rings is 1. The zero-order valence-electron chi connectivity index (χ0n) is 12.2. The molecule has 3 heterocycles. The highest BCUT2D eigenvalue weighted by Crippen LogP contribution is 2.23. The first-order valence-electron chi connectivity index (χ1n) is 7.65. The van der Waals surface area contributed by atoms with Crippen molar-refractivity contribution in [3.63, 3.8) is 0 Å². The Morgan fingerprint density at radius 2 is 2.25 bits per heavy atom. The van der Waals surface area contributed by atoms with Gasteiger partial charge in [-0.1, -0.05) is 0 Å². The number of H-pyrrole nitrogens is 1. The third kappa shape index (κ3) is 3.02. The van der Waals surface area contributed by atoms with Gasteiger partial charge in [-0.15, -0.1) is 0 Å². The fourth-order valence-corrected chi connectivity index (χ4v) is 3.17. The van der Waals surface area contributed by atoms with E-state index >= 15 is 0 Å². The van der Waals surface area contributed by atoms with Crippen molar-refractivity contribution in [3.05, 3.63) is 30.1 Å². The number of hydrogen-bond donors (Lipinski definition) is 2. The van der Waals surface area contributed by atoms with E-state index in [0.29, 0.717) is 0 Å². The van der Waals surface area contributed by atoms with E-state index in [0.717, 1.165) is 24.7 Å². The number of rotatable bonds is 5. The Hall–Kier alpha value is -1.39. The second-order valence-corrected chi connectivity index (χ2v) is 5.83. The number of nitrogens with zero attached hydrogens (tertiary/aromatic N) is 2. The summed E-state index contributed by atoms with van der Waals surface area (Å²) in [5.41, 5.74) is 2.38. The van der Waals surface area contributed by atoms with Gasteiger partial charge in [0.2, 0.25) is 0 Å². The Labute approximate surface area is 120 Å². The highest BCUT2D eigenvalue weighted by atomic mass is 15.1. The van der Waals surface area contributed by atoms with E-state index in [4.69, 9.17) is 0 Å². The topological polar surface area (TPSA) is 44.0 Å². The molecule has 2 N–H and O–H groups in total. The average Bonchev–Trinajstić information content (AvgIpc) is 2.90. The molecule has 0 saturated carbocycles. The van der Waals surface area contributed by atoms with Gasteiger partial charge >= 0.3 is 0 Å². The second kappa shape index (κ2) is 6.37. The first-order valence-corrected chi connectivity index (χ1v) is 7.65. The minimum atomic E-state index is 0.906. The van der Waals surface area contributed by atoms with E-state index in [-0.39, 0.29) is 0 Å². The van der Waals surface area contributed by atoms with Crippen LogP contribution in [-0.2, 0) is 6.54 Å². The summed E-state index contributed by atoms with van der Waals surface area (Å²) in [6.07, 6.45) is 7.95. The van der Waals surface area contributed by atoms with Crippen molar-refractivity contribution in [2.45, 2.75) is 25.8 Å². The predicted octanol–water partition coefficient (Wildman–Crippen LogP) is 2.38. The number of hydrogen-bond acceptors (Lipinski definition) is 3. The summed E-state index contributed by atoms with van der Waals surface area (Å²) in [6.45, 7) is 4.64. The smallest absolute Gasteiger partial charge is 0.137 e. The maximum absolute atomic E-state index is 4.36. The van der Waals surface area contributed by atoms with E-state index in [2.05, 4.69) is 32.4 Å². The number of aromatic nitrogens is 2. The fourth-order valence-electron chi connectivity index (χ4n) is 3.17. The molecule has 0 radical (unpaired) electrons. The molecule has 0 spiro atoms. The number of likely N-dealkylation sites (tertiary alicyclic amines) is 1. The van der Waals surface area contributed by atoms with Crippen LogP contribution in [0.1, 0.15) is 24.8 Å². The molecule has 0 aliphatic carbocycles. The summed E-state index contributed by atoms with van der Waals surface area (Å²) < 4.78 is 0. The highest BCUT2D eigenvalue weighted by Gasteiger charge is 2.19. The van der Waals surface area contributed by atoms with E-state index in [9.17, 15) is 0 Å². The number of pyridine rings is 1. The molecule has 3 rings (SSSR count). The molecule has 0 amide bonds. The minimum absolute atomic E-state index is 0.906. The number of fused-ring (bicyclic) bond motifs is 1. The van der Waals surface area contributed by atoms with Crippen molar-refractivity contribution >= 4 is 11.0 Å². The largest absolute Gasteiger partial charge is 0.346 e. The van der Waals surface area contributed by atoms with Crippen LogP contribution in [0.2, 0.25) is 0 Å². The van der Waals surface area contributed by atoms with Crippen LogP contribution in [-0.4, -0.2) is 41.5 Å². The molecule has 108 valence electrons. The molecular weight excluding hydrogens is 248 g/mol. The summed E-state index contributed by atoms with van der Waals surface area (Å²) in [6, 6.07) is 4.18. The second-order valence-electron chi connectivity index (χ2n) is 5.83. The standard InChI is InChI=1S/C16H24N4/c1-17-8-4-13-5-9-20(10-6-13)12-14-11-19-16-15(14)3-2-7-18-16/h2-3,7,11,13,17H,4-6,8-10,12H2,1H3,(H,18,19). The lowest BCUT2D eigenvalue weighted by atomic mass is 9.93. The summed E-state index contributed by atoms with van der Waals surface area (Å²) in [7, 11) is 2.04. The van der Waals surface area contributed by atoms with E-state index < -0.39 is 0 Å². The SMILES string of the molecule is CNCCC1CCN(Cc2c[nH]c3ncccc23)CC1. The summed E-state index contributed by atoms with van der Waals surface area (Å²) in [4.78, 5) is 10.2. The van der Waals surface area contributed by atoms with Gasteiger partial charge in [-0.25, -0.2) is 4.98 Å². The summed E-state index contributed by atoms with van der Waals surface area (Å²) in [5, 5.41) is 4.53. The van der Waals surface area contributed by atoms with Gasteiger partial charge in [-0.2, -0.15) is 0 Å². The van der Waals surface area contributed by atoms with Gasteiger partial charge in [-0.3, -0.25) is 4.90 Å². The molecule has 4 heteroatoms. The van der Waals surface area contributed by atoms with Crippen LogP contribution in [0.5, 0.6) is 0 Å². The first kappa shape index (κ1) is 13.6. The summed E-state index contributed by atoms with van der Waals surface area (Å²) in [5.74, 6) is 0.906. The van der Waals surface area contributed by atoms with Gasteiger partial charge in [0.05, 0.1) is 0 Å². The van der Waals surface area contributed by atoms with Crippen molar-refractivity contribution in [3.8, 4) is 0 Å². The highest BCUT2D eigenvalue weighted by molar-refractivity contribution is 5.79. The molecule has 1 saturated heterocycles. The molecule has 0 bridgehead atoms. The Kier molecular flexibility index (Phi) is 4.33. The summed E-state index contributed by atoms with van der Waals surface area (Å²) >= 11 is 0. The fraction of sp³-hybridized carbons (Fsp3) is 0.562. The van der Waals surface area contributed by atoms with Crippen molar-refractivity contribution in [1.82, 2.24) is 20.2 Å². The predicted molar refractivity (Wildman–Crippen MR) is 82.6 cm³/mol. The van der Waals surface area contributed by atoms with Crippen molar-refractivity contribution in [2.75, 3.05) is 26.7 Å². The van der Waals surface area contributed by atoms with Crippen LogP contribution in [0.25, 0.3) is 11.0 Å². The molecule has 4 nitrogen and oxygen atoms in total. The third-order valence-electron chi connectivity index (χ3n) is 4.44. The Bertz CT molecular complexity index is 540. The molecule has 0 aromatic carbocycles. The molecular formula is C16H24N4. The molecule has 1 aliphatic rings. The van der Waals surface area contributed by atoms with E-state index in [1.54, 1.807) is 0 Å². The number of aromatic amines is 1. The van der Waals surface area contributed by atoms with Gasteiger partial charge < -0.3 is 10.3 Å². The lowest BCUT2D eigenvalue weighted by Crippen LogP contribution is -2.34. The van der Waals surface area contributed by atoms with Crippen molar-refractivity contribution in [1.29, 1.82) is 0 Å². The minimum Gasteiger partial charge on any atom is -0.346 e. The van der Waals surface area contributed by atoms with Crippen LogP contribution in [0.3, 0.4) is 0 Å². The Morgan fingerprint density at radius 3 is 3.05 bits per heavy atom. The van der Waals surface area contributed by atoms with Gasteiger partial charge in [0.25, 0.3) is 0 Å². The van der Waals surface area contributed by atoms with Crippen molar-refractivity contribution in [2.24, 2.45) is 5.92 Å². The van der Waals surface area contributed by atoms with Gasteiger partial charge in [0.15, 0.2) is 0 Å². The van der Waals surface area contributed by atoms with Gasteiger partial charge in [0, 0.05) is 24.3 Å². The van der Waals surface area contributed by atoms with E-state index in [1.165, 1.54) is 43.3 Å². The Morgan fingerprint density at radius 1 is 1.40 bits per heavy atom. The van der Waals surface area contributed by atoms with Gasteiger partial charge in [0.1, 0.15) is 5.65 Å². The van der Waals surface area contributed by atoms with Crippen LogP contribution in [0.4, 0.5) is 0 Å². The third-order valence-corrected chi connectivity index (χ3v) is 4.44. The molecule has 1 aliphatic heterocycles. The lowest BCUT2D eigenvalue weighted by molar-refractivity contribution is 0.173. The first-order chi connectivity index (χ1) is 9.86. The molecule has 0 unspecified atom stereocenters. The molecule has 20 heavy (non-hydrogen) atoms. The number of nitrogens with one attached hydrogen (secondary N) is 2. The average molecular weight is 272 g/mol. The normalized spacial score (nSPS) is 17.9. The maximum atomic E-state index is 4.36. The quantitative estimate of drug-likeness (QED) is 0.878. The maximum Gasteiger partial charge on any atom is 0.137 e. The molecule has 2 aromatic rings. The molecule has 0 atom stereocenters. The molecule has 2 aromatic heterocycles. The van der Waals surface area contributed by atoms with E-state index in [1.807, 2.05) is 19.3 Å². The van der Waals surface area contributed by atoms with Crippen LogP contribution >= 0.6 is 0 Å². The van der Waals surface area contributed by atoms with Crippen molar-refractivity contribution < 1.29 is 0 Å². The zero-order chi connectivity index (χ0) is 13.8. The van der Waals surface area contributed by atoms with Gasteiger partial charge in [-0.05, 0) is 69.6 Å². The van der Waals surface area contributed by atoms with Crippen LogP contribution in [0, 0.1) is 5.92 Å². The van der Waals surface area contributed by atoms with Crippen LogP contribution < -0.4 is 5.32 Å².